The van der Waals surface area contributed by atoms with Crippen LogP contribution in [0.15, 0.2) is 24.4 Å². The highest BCUT2D eigenvalue weighted by Crippen LogP contribution is 2.33. The van der Waals surface area contributed by atoms with Crippen molar-refractivity contribution in [3.8, 4) is 0 Å². The van der Waals surface area contributed by atoms with E-state index in [9.17, 15) is 18.0 Å². The topological polar surface area (TPSA) is 107 Å². The Morgan fingerprint density at radius 3 is 2.65 bits per heavy atom. The van der Waals surface area contributed by atoms with E-state index >= 15 is 0 Å². The highest BCUT2D eigenvalue weighted by molar-refractivity contribution is 5.97. The number of fused-ring (bicyclic) bond motifs is 3. The van der Waals surface area contributed by atoms with Gasteiger partial charge in [-0.3, -0.25) is 4.79 Å². The van der Waals surface area contributed by atoms with Crippen LogP contribution in [0, 0.1) is 0 Å². The summed E-state index contributed by atoms with van der Waals surface area (Å²) in [5, 5.41) is 7.65. The van der Waals surface area contributed by atoms with Crippen LogP contribution in [0.1, 0.15) is 45.8 Å². The lowest BCUT2D eigenvalue weighted by molar-refractivity contribution is -0.141. The quantitative estimate of drug-likeness (QED) is 0.678. The number of nitrogen functional groups attached to an aromatic ring is 1. The highest BCUT2D eigenvalue weighted by Gasteiger charge is 2.36. The third kappa shape index (κ3) is 3.65. The van der Waals surface area contributed by atoms with Crippen LogP contribution in [-0.4, -0.2) is 37.0 Å². The van der Waals surface area contributed by atoms with Gasteiger partial charge in [-0.05, 0) is 36.6 Å². The number of alkyl halides is 3. The van der Waals surface area contributed by atoms with Crippen LogP contribution in [0.25, 0.3) is 10.9 Å². The molecule has 1 fully saturated rings. The molecule has 31 heavy (non-hydrogen) atoms. The van der Waals surface area contributed by atoms with Crippen LogP contribution >= 0.6 is 0 Å². The molecule has 1 amide bonds. The largest absolute Gasteiger partial charge is 0.435 e. The second-order valence-corrected chi connectivity index (χ2v) is 7.61. The third-order valence-corrected chi connectivity index (χ3v) is 5.43. The zero-order valence-corrected chi connectivity index (χ0v) is 16.2. The molecule has 2 aliphatic rings. The molecule has 0 unspecified atom stereocenters. The molecule has 0 spiro atoms. The molecule has 0 saturated heterocycles. The molecule has 1 aliphatic carbocycles. The number of anilines is 1. The summed E-state index contributed by atoms with van der Waals surface area (Å²) >= 11 is 0. The Morgan fingerprint density at radius 1 is 1.19 bits per heavy atom. The Morgan fingerprint density at radius 2 is 1.97 bits per heavy atom. The molecule has 5 rings (SSSR count). The van der Waals surface area contributed by atoms with Gasteiger partial charge in [-0.2, -0.15) is 18.3 Å². The van der Waals surface area contributed by atoms with Gasteiger partial charge in [0.2, 0.25) is 0 Å². The van der Waals surface area contributed by atoms with Crippen molar-refractivity contribution in [2.45, 2.75) is 44.8 Å². The number of rotatable bonds is 4. The predicted molar refractivity (Wildman–Crippen MR) is 102 cm³/mol. The van der Waals surface area contributed by atoms with Crippen LogP contribution in [0.5, 0.6) is 0 Å². The molecular formula is C20H17F3N6O2. The van der Waals surface area contributed by atoms with Gasteiger partial charge in [-0.15, -0.1) is 5.10 Å². The van der Waals surface area contributed by atoms with Crippen molar-refractivity contribution < 1.29 is 22.7 Å². The van der Waals surface area contributed by atoms with Gasteiger partial charge < -0.3 is 15.4 Å². The van der Waals surface area contributed by atoms with Gasteiger partial charge in [0, 0.05) is 17.0 Å². The molecule has 0 aromatic carbocycles. The SMILES string of the molecule is Nc1nc2cnc(C(=O)N(Cc3ccc(C(F)(F)F)nn3)C3CC3)cc2c2c1COC2. The van der Waals surface area contributed by atoms with E-state index in [0.717, 1.165) is 35.4 Å². The number of halogens is 3. The van der Waals surface area contributed by atoms with Gasteiger partial charge in [0.1, 0.15) is 11.5 Å². The van der Waals surface area contributed by atoms with Gasteiger partial charge in [-0.1, -0.05) is 0 Å². The second kappa shape index (κ2) is 7.12. The molecular weight excluding hydrogens is 413 g/mol. The second-order valence-electron chi connectivity index (χ2n) is 7.61. The molecule has 0 radical (unpaired) electrons. The lowest BCUT2D eigenvalue weighted by Crippen LogP contribution is -2.33. The first kappa shape index (κ1) is 19.6. The number of aromatic nitrogens is 4. The number of carbonyl (C=O) groups is 1. The van der Waals surface area contributed by atoms with Gasteiger partial charge in [0.05, 0.1) is 37.2 Å². The van der Waals surface area contributed by atoms with Gasteiger partial charge in [0.25, 0.3) is 5.91 Å². The van der Waals surface area contributed by atoms with Gasteiger partial charge in [-0.25, -0.2) is 9.97 Å². The van der Waals surface area contributed by atoms with Crippen molar-refractivity contribution in [2.24, 2.45) is 0 Å². The third-order valence-electron chi connectivity index (χ3n) is 5.43. The lowest BCUT2D eigenvalue weighted by atomic mass is 10.1. The Labute approximate surface area is 174 Å². The number of nitrogens with zero attached hydrogens (tertiary/aromatic N) is 5. The van der Waals surface area contributed by atoms with E-state index < -0.39 is 11.9 Å². The molecule has 2 N–H and O–H groups in total. The van der Waals surface area contributed by atoms with Crippen LogP contribution in [0.4, 0.5) is 19.0 Å². The average Bonchev–Trinajstić information content (AvgIpc) is 3.46. The summed E-state index contributed by atoms with van der Waals surface area (Å²) < 4.78 is 43.6. The van der Waals surface area contributed by atoms with E-state index in [1.807, 2.05) is 0 Å². The maximum absolute atomic E-state index is 13.2. The predicted octanol–water partition coefficient (Wildman–Crippen LogP) is 2.86. The molecule has 1 saturated carbocycles. The first-order valence-corrected chi connectivity index (χ1v) is 9.67. The van der Waals surface area contributed by atoms with Crippen molar-refractivity contribution in [3.05, 3.63) is 52.6 Å². The zero-order valence-electron chi connectivity index (χ0n) is 16.2. The Bertz CT molecular complexity index is 1180. The minimum absolute atomic E-state index is 0.00678. The highest BCUT2D eigenvalue weighted by atomic mass is 19.4. The number of hydrogen-bond acceptors (Lipinski definition) is 7. The maximum Gasteiger partial charge on any atom is 0.435 e. The van der Waals surface area contributed by atoms with Crippen LogP contribution in [-0.2, 0) is 30.7 Å². The number of pyridine rings is 2. The first-order valence-electron chi connectivity index (χ1n) is 9.67. The average molecular weight is 430 g/mol. The van der Waals surface area contributed by atoms with Crippen molar-refractivity contribution in [1.29, 1.82) is 0 Å². The molecule has 1 aliphatic heterocycles. The van der Waals surface area contributed by atoms with E-state index in [2.05, 4.69) is 20.2 Å². The summed E-state index contributed by atoms with van der Waals surface area (Å²) in [7, 11) is 0. The zero-order chi connectivity index (χ0) is 21.8. The fraction of sp³-hybridized carbons (Fsp3) is 0.350. The van der Waals surface area contributed by atoms with Gasteiger partial charge >= 0.3 is 6.18 Å². The van der Waals surface area contributed by atoms with Crippen molar-refractivity contribution in [3.63, 3.8) is 0 Å². The molecule has 11 heteroatoms. The van der Waals surface area contributed by atoms with Gasteiger partial charge in [0.15, 0.2) is 5.69 Å². The van der Waals surface area contributed by atoms with E-state index in [4.69, 9.17) is 10.5 Å². The minimum Gasteiger partial charge on any atom is -0.383 e. The van der Waals surface area contributed by atoms with Crippen molar-refractivity contribution in [2.75, 3.05) is 5.73 Å². The number of carbonyl (C=O) groups excluding carboxylic acids is 1. The summed E-state index contributed by atoms with van der Waals surface area (Å²) in [4.78, 5) is 23.4. The number of amides is 1. The minimum atomic E-state index is -4.56. The summed E-state index contributed by atoms with van der Waals surface area (Å²) in [6, 6.07) is 3.77. The van der Waals surface area contributed by atoms with Crippen LogP contribution in [0.2, 0.25) is 0 Å². The first-order chi connectivity index (χ1) is 14.8. The van der Waals surface area contributed by atoms with E-state index in [1.54, 1.807) is 11.0 Å². The van der Waals surface area contributed by atoms with Crippen molar-refractivity contribution in [1.82, 2.24) is 25.1 Å². The Hall–Kier alpha value is -3.34. The number of hydrogen-bond donors (Lipinski definition) is 1. The summed E-state index contributed by atoms with van der Waals surface area (Å²) in [5.41, 5.74) is 7.69. The standard InChI is InChI=1S/C20H17F3N6O2/c21-20(22,23)17-4-1-10(27-28-17)7-29(11-2-3-11)19(30)15-5-12-13-8-31-9-14(13)18(24)26-16(12)6-25-15/h1,4-6,11H,2-3,7-9H2,(H2,24,26). The van der Waals surface area contributed by atoms with E-state index in [-0.39, 0.29) is 29.9 Å². The fourth-order valence-corrected chi connectivity index (χ4v) is 3.66. The van der Waals surface area contributed by atoms with Crippen molar-refractivity contribution >= 4 is 22.6 Å². The summed E-state index contributed by atoms with van der Waals surface area (Å²) in [6.07, 6.45) is -1.43. The Kier molecular flexibility index (Phi) is 4.50. The van der Waals surface area contributed by atoms with Crippen LogP contribution < -0.4 is 5.73 Å². The fourth-order valence-electron chi connectivity index (χ4n) is 3.66. The molecule has 8 nitrogen and oxygen atoms in total. The normalized spacial score (nSPS) is 15.8. The number of nitrogens with two attached hydrogens (primary N) is 1. The molecule has 0 atom stereocenters. The molecule has 160 valence electrons. The van der Waals surface area contributed by atoms with E-state index in [1.165, 1.54) is 12.3 Å². The van der Waals surface area contributed by atoms with E-state index in [0.29, 0.717) is 24.5 Å². The molecule has 3 aromatic heterocycles. The Balaban J connectivity index is 1.44. The molecule has 4 heterocycles. The summed E-state index contributed by atoms with van der Waals surface area (Å²) in [5.74, 6) is 0.0666. The van der Waals surface area contributed by atoms with Crippen LogP contribution in [0.3, 0.4) is 0 Å². The summed E-state index contributed by atoms with van der Waals surface area (Å²) in [6.45, 7) is 0.801. The number of ether oxygens (including phenoxy) is 1. The monoisotopic (exact) mass is 430 g/mol. The maximum atomic E-state index is 13.2. The molecule has 0 bridgehead atoms. The smallest absolute Gasteiger partial charge is 0.383 e. The lowest BCUT2D eigenvalue weighted by Gasteiger charge is -2.22. The molecule has 3 aromatic rings.